The summed E-state index contributed by atoms with van der Waals surface area (Å²) < 4.78 is 2.03. The van der Waals surface area contributed by atoms with Gasteiger partial charge in [-0.2, -0.15) is 0 Å². The van der Waals surface area contributed by atoms with Crippen LogP contribution in [0.15, 0.2) is 18.6 Å². The van der Waals surface area contributed by atoms with E-state index in [4.69, 9.17) is 11.6 Å². The number of halogens is 1. The van der Waals surface area contributed by atoms with Crippen molar-refractivity contribution < 1.29 is 0 Å². The largest absolute Gasteiger partial charge is 0.355 e. The van der Waals surface area contributed by atoms with Crippen LogP contribution < -0.4 is 4.90 Å². The van der Waals surface area contributed by atoms with Gasteiger partial charge in [-0.1, -0.05) is 0 Å². The molecule has 3 heterocycles. The first-order valence-electron chi connectivity index (χ1n) is 6.36. The molecule has 0 radical (unpaired) electrons. The first kappa shape index (κ1) is 11.8. The second kappa shape index (κ2) is 4.76. The van der Waals surface area contributed by atoms with Gasteiger partial charge in [0.05, 0.1) is 11.8 Å². The highest BCUT2D eigenvalue weighted by molar-refractivity contribution is 6.18. The first-order chi connectivity index (χ1) is 8.79. The minimum absolute atomic E-state index is 0.658. The summed E-state index contributed by atoms with van der Waals surface area (Å²) in [6.07, 6.45) is 6.01. The summed E-state index contributed by atoms with van der Waals surface area (Å²) in [5, 5.41) is 0. The number of alkyl halides is 1. The highest BCUT2D eigenvalue weighted by atomic mass is 35.5. The van der Waals surface area contributed by atoms with Crippen LogP contribution in [0, 0.1) is 5.92 Å². The molecule has 2 aromatic heterocycles. The second-order valence-corrected chi connectivity index (χ2v) is 5.25. The standard InChI is InChI=1S/C13H17ClN4/c1-17-9-16-12-11(17)2-5-15-13(12)18-6-3-10(8-14)4-7-18/h2,5,9-10H,3-4,6-8H2,1H3. The molecule has 3 rings (SSSR count). The van der Waals surface area contributed by atoms with Gasteiger partial charge in [-0.15, -0.1) is 11.6 Å². The van der Waals surface area contributed by atoms with Crippen LogP contribution in [0.1, 0.15) is 12.8 Å². The van der Waals surface area contributed by atoms with Crippen LogP contribution in [0.4, 0.5) is 5.82 Å². The highest BCUT2D eigenvalue weighted by Crippen LogP contribution is 2.27. The summed E-state index contributed by atoms with van der Waals surface area (Å²) in [5.41, 5.74) is 2.14. The van der Waals surface area contributed by atoms with E-state index in [0.717, 1.165) is 48.7 Å². The molecule has 96 valence electrons. The monoisotopic (exact) mass is 264 g/mol. The Hall–Kier alpha value is -1.29. The molecule has 0 atom stereocenters. The summed E-state index contributed by atoms with van der Waals surface area (Å²) >= 11 is 5.92. The Labute approximate surface area is 112 Å². The number of pyridine rings is 1. The van der Waals surface area contributed by atoms with Gasteiger partial charge in [-0.3, -0.25) is 0 Å². The number of hydrogen-bond acceptors (Lipinski definition) is 3. The summed E-state index contributed by atoms with van der Waals surface area (Å²) in [6.45, 7) is 2.06. The van der Waals surface area contributed by atoms with Crippen molar-refractivity contribution in [2.45, 2.75) is 12.8 Å². The van der Waals surface area contributed by atoms with Gasteiger partial charge >= 0.3 is 0 Å². The van der Waals surface area contributed by atoms with E-state index < -0.39 is 0 Å². The number of imidazole rings is 1. The Morgan fingerprint density at radius 1 is 1.33 bits per heavy atom. The fourth-order valence-electron chi connectivity index (χ4n) is 2.58. The van der Waals surface area contributed by atoms with Gasteiger partial charge in [-0.05, 0) is 24.8 Å². The SMILES string of the molecule is Cn1cnc2c(N3CCC(CCl)CC3)nccc21. The highest BCUT2D eigenvalue weighted by Gasteiger charge is 2.21. The van der Waals surface area contributed by atoms with E-state index in [1.54, 1.807) is 0 Å². The van der Waals surface area contributed by atoms with Gasteiger partial charge < -0.3 is 9.47 Å². The zero-order valence-electron chi connectivity index (χ0n) is 10.5. The van der Waals surface area contributed by atoms with Crippen molar-refractivity contribution in [2.24, 2.45) is 13.0 Å². The van der Waals surface area contributed by atoms with E-state index in [1.807, 2.05) is 30.2 Å². The molecule has 1 fully saturated rings. The number of fused-ring (bicyclic) bond motifs is 1. The Morgan fingerprint density at radius 2 is 2.11 bits per heavy atom. The van der Waals surface area contributed by atoms with Gasteiger partial charge in [0.15, 0.2) is 5.82 Å². The average Bonchev–Trinajstić information content (AvgIpc) is 2.81. The van der Waals surface area contributed by atoms with Crippen molar-refractivity contribution >= 4 is 28.5 Å². The molecule has 1 saturated heterocycles. The van der Waals surface area contributed by atoms with E-state index in [9.17, 15) is 0 Å². The molecule has 4 nitrogen and oxygen atoms in total. The number of hydrogen-bond donors (Lipinski definition) is 0. The third-order valence-electron chi connectivity index (χ3n) is 3.76. The number of anilines is 1. The molecule has 0 N–H and O–H groups in total. The Balaban J connectivity index is 1.91. The molecule has 1 aliphatic rings. The first-order valence-corrected chi connectivity index (χ1v) is 6.90. The quantitative estimate of drug-likeness (QED) is 0.782. The molecule has 0 unspecified atom stereocenters. The van der Waals surface area contributed by atoms with Crippen molar-refractivity contribution in [3.63, 3.8) is 0 Å². The van der Waals surface area contributed by atoms with Crippen molar-refractivity contribution in [3.05, 3.63) is 18.6 Å². The van der Waals surface area contributed by atoms with Gasteiger partial charge in [-0.25, -0.2) is 9.97 Å². The molecule has 0 bridgehead atoms. The smallest absolute Gasteiger partial charge is 0.156 e. The third kappa shape index (κ3) is 1.94. The minimum atomic E-state index is 0.658. The lowest BCUT2D eigenvalue weighted by Gasteiger charge is -2.31. The summed E-state index contributed by atoms with van der Waals surface area (Å²) in [4.78, 5) is 11.3. The zero-order chi connectivity index (χ0) is 12.5. The van der Waals surface area contributed by atoms with E-state index in [2.05, 4.69) is 14.9 Å². The van der Waals surface area contributed by atoms with Crippen molar-refractivity contribution in [3.8, 4) is 0 Å². The van der Waals surface area contributed by atoms with E-state index in [-0.39, 0.29) is 0 Å². The molecule has 0 amide bonds. The lowest BCUT2D eigenvalue weighted by Crippen LogP contribution is -2.34. The van der Waals surface area contributed by atoms with E-state index in [0.29, 0.717) is 5.92 Å². The van der Waals surface area contributed by atoms with Crippen LogP contribution in [0.25, 0.3) is 11.0 Å². The predicted octanol–water partition coefficient (Wildman–Crippen LogP) is 2.42. The number of aryl methyl sites for hydroxylation is 1. The minimum Gasteiger partial charge on any atom is -0.355 e. The van der Waals surface area contributed by atoms with Crippen molar-refractivity contribution in [2.75, 3.05) is 23.9 Å². The summed E-state index contributed by atoms with van der Waals surface area (Å²) in [5.74, 6) is 2.45. The maximum Gasteiger partial charge on any atom is 0.156 e. The molecule has 18 heavy (non-hydrogen) atoms. The van der Waals surface area contributed by atoms with Crippen LogP contribution in [-0.2, 0) is 7.05 Å². The Morgan fingerprint density at radius 3 is 2.83 bits per heavy atom. The molecular formula is C13H17ClN4. The predicted molar refractivity (Wildman–Crippen MR) is 74.2 cm³/mol. The van der Waals surface area contributed by atoms with Gasteiger partial charge in [0.1, 0.15) is 5.52 Å². The van der Waals surface area contributed by atoms with Crippen LogP contribution in [0.3, 0.4) is 0 Å². The Kier molecular flexibility index (Phi) is 3.12. The molecule has 0 aliphatic carbocycles. The van der Waals surface area contributed by atoms with E-state index in [1.165, 1.54) is 0 Å². The molecule has 1 aliphatic heterocycles. The van der Waals surface area contributed by atoms with E-state index >= 15 is 0 Å². The van der Waals surface area contributed by atoms with Crippen molar-refractivity contribution in [1.82, 2.24) is 14.5 Å². The summed E-state index contributed by atoms with van der Waals surface area (Å²) in [6, 6.07) is 2.01. The maximum absolute atomic E-state index is 5.92. The van der Waals surface area contributed by atoms with Crippen LogP contribution in [0.2, 0.25) is 0 Å². The Bertz CT molecular complexity index is 543. The molecule has 5 heteroatoms. The number of piperidine rings is 1. The zero-order valence-corrected chi connectivity index (χ0v) is 11.3. The lowest BCUT2D eigenvalue weighted by atomic mass is 9.99. The normalized spacial score (nSPS) is 17.6. The summed E-state index contributed by atoms with van der Waals surface area (Å²) in [7, 11) is 2.01. The maximum atomic E-state index is 5.92. The van der Waals surface area contributed by atoms with Crippen LogP contribution >= 0.6 is 11.6 Å². The fraction of sp³-hybridized carbons (Fsp3) is 0.538. The lowest BCUT2D eigenvalue weighted by molar-refractivity contribution is 0.441. The van der Waals surface area contributed by atoms with Gasteiger partial charge in [0.2, 0.25) is 0 Å². The van der Waals surface area contributed by atoms with Crippen molar-refractivity contribution in [1.29, 1.82) is 0 Å². The number of rotatable bonds is 2. The molecule has 0 aromatic carbocycles. The van der Waals surface area contributed by atoms with Gasteiger partial charge in [0.25, 0.3) is 0 Å². The average molecular weight is 265 g/mol. The topological polar surface area (TPSA) is 34.0 Å². The number of aromatic nitrogens is 3. The molecular weight excluding hydrogens is 248 g/mol. The number of nitrogens with zero attached hydrogens (tertiary/aromatic N) is 4. The van der Waals surface area contributed by atoms with Crippen LogP contribution in [-0.4, -0.2) is 33.5 Å². The van der Waals surface area contributed by atoms with Gasteiger partial charge in [0, 0.05) is 32.2 Å². The molecule has 0 saturated carbocycles. The second-order valence-electron chi connectivity index (χ2n) is 4.94. The molecule has 0 spiro atoms. The van der Waals surface area contributed by atoms with Crippen LogP contribution in [0.5, 0.6) is 0 Å². The third-order valence-corrected chi connectivity index (χ3v) is 4.19. The molecule has 2 aromatic rings. The fourth-order valence-corrected chi connectivity index (χ4v) is 2.89.